The van der Waals surface area contributed by atoms with Crippen LogP contribution in [0.2, 0.25) is 0 Å². The maximum Gasteiger partial charge on any atom is 0.159 e. The van der Waals surface area contributed by atoms with Gasteiger partial charge in [-0.25, -0.2) is 0 Å². The molecule has 7 aromatic carbocycles. The zero-order valence-electron chi connectivity index (χ0n) is 28.0. The molecule has 3 nitrogen and oxygen atoms in total. The van der Waals surface area contributed by atoms with Crippen molar-refractivity contribution in [2.45, 2.75) is 12.3 Å². The summed E-state index contributed by atoms with van der Waals surface area (Å²) in [5, 5.41) is 4.78. The summed E-state index contributed by atoms with van der Waals surface area (Å²) in [6.45, 7) is 0. The first-order valence-corrected chi connectivity index (χ1v) is 17.6. The van der Waals surface area contributed by atoms with Gasteiger partial charge < -0.3 is 13.9 Å². The first-order chi connectivity index (χ1) is 25.3. The highest BCUT2D eigenvalue weighted by Crippen LogP contribution is 2.41. The summed E-state index contributed by atoms with van der Waals surface area (Å²) in [6, 6.07) is 60.6. The summed E-state index contributed by atoms with van der Waals surface area (Å²) < 4.78 is 8.87. The lowest BCUT2D eigenvalue weighted by atomic mass is 9.90. The molecule has 10 rings (SSSR count). The largest absolute Gasteiger partial charge is 0.454 e. The van der Waals surface area contributed by atoms with Gasteiger partial charge in [-0.1, -0.05) is 127 Å². The Balaban J connectivity index is 1.01. The standard InChI is InChI=1S/C48H34N2O/c1-3-12-33(13-4-1)34-22-27-38(28-23-34)49(37-14-5-2-6-15-37)39-29-24-35(25-30-39)36-26-31-45-43(32-36)40-16-7-9-19-44(40)50(45)46-20-11-18-42-41-17-8-10-21-47(41)51-48(42)46/h1-24,26-32,35H,25H2. The van der Waals surface area contributed by atoms with Crippen LogP contribution in [0.1, 0.15) is 17.9 Å². The van der Waals surface area contributed by atoms with Crippen molar-refractivity contribution < 1.29 is 4.42 Å². The molecule has 1 unspecified atom stereocenters. The van der Waals surface area contributed by atoms with E-state index in [-0.39, 0.29) is 5.92 Å². The number of para-hydroxylation sites is 4. The van der Waals surface area contributed by atoms with Crippen molar-refractivity contribution in [3.05, 3.63) is 199 Å². The Labute approximate surface area is 296 Å². The summed E-state index contributed by atoms with van der Waals surface area (Å²) in [5.74, 6) is 0.275. The lowest BCUT2D eigenvalue weighted by Crippen LogP contribution is -2.17. The fraction of sp³-hybridized carbons (Fsp3) is 0.0417. The van der Waals surface area contributed by atoms with Crippen LogP contribution in [0, 0.1) is 0 Å². The van der Waals surface area contributed by atoms with Crippen LogP contribution in [-0.4, -0.2) is 4.57 Å². The van der Waals surface area contributed by atoms with Crippen LogP contribution in [0.25, 0.3) is 60.6 Å². The van der Waals surface area contributed by atoms with E-state index >= 15 is 0 Å². The van der Waals surface area contributed by atoms with E-state index in [4.69, 9.17) is 4.42 Å². The Kier molecular flexibility index (Phi) is 6.95. The summed E-state index contributed by atoms with van der Waals surface area (Å²) in [5.41, 5.74) is 12.5. The minimum absolute atomic E-state index is 0.275. The molecule has 242 valence electrons. The minimum atomic E-state index is 0.275. The van der Waals surface area contributed by atoms with Gasteiger partial charge in [0.1, 0.15) is 5.58 Å². The van der Waals surface area contributed by atoms with Crippen molar-refractivity contribution in [2.24, 2.45) is 0 Å². The molecular formula is C48H34N2O. The molecule has 0 aliphatic heterocycles. The molecule has 0 bridgehead atoms. The van der Waals surface area contributed by atoms with E-state index in [1.807, 2.05) is 6.07 Å². The second-order valence-corrected chi connectivity index (χ2v) is 13.3. The van der Waals surface area contributed by atoms with Crippen molar-refractivity contribution in [1.29, 1.82) is 0 Å². The molecule has 2 aromatic heterocycles. The van der Waals surface area contributed by atoms with Crippen molar-refractivity contribution in [3.8, 4) is 16.8 Å². The third-order valence-corrected chi connectivity index (χ3v) is 10.3. The first kappa shape index (κ1) is 29.3. The maximum absolute atomic E-state index is 6.50. The predicted octanol–water partition coefficient (Wildman–Crippen LogP) is 13.1. The van der Waals surface area contributed by atoms with Gasteiger partial charge in [-0.3, -0.25) is 0 Å². The van der Waals surface area contributed by atoms with Crippen LogP contribution in [0.5, 0.6) is 0 Å². The second kappa shape index (κ2) is 12.1. The topological polar surface area (TPSA) is 21.3 Å². The number of anilines is 2. The number of allylic oxidation sites excluding steroid dienone is 3. The summed E-state index contributed by atoms with van der Waals surface area (Å²) >= 11 is 0. The zero-order chi connectivity index (χ0) is 33.7. The number of hydrogen-bond acceptors (Lipinski definition) is 2. The highest BCUT2D eigenvalue weighted by atomic mass is 16.3. The van der Waals surface area contributed by atoms with Crippen molar-refractivity contribution in [1.82, 2.24) is 4.57 Å². The number of hydrogen-bond donors (Lipinski definition) is 0. The van der Waals surface area contributed by atoms with Gasteiger partial charge in [-0.2, -0.15) is 0 Å². The molecule has 9 aromatic rings. The molecule has 0 amide bonds. The molecule has 2 heterocycles. The molecule has 0 saturated heterocycles. The number of fused-ring (bicyclic) bond motifs is 6. The van der Waals surface area contributed by atoms with Crippen LogP contribution in [0.3, 0.4) is 0 Å². The molecular weight excluding hydrogens is 621 g/mol. The highest BCUT2D eigenvalue weighted by molar-refractivity contribution is 6.12. The van der Waals surface area contributed by atoms with Gasteiger partial charge >= 0.3 is 0 Å². The van der Waals surface area contributed by atoms with E-state index in [2.05, 4.69) is 191 Å². The molecule has 0 spiro atoms. The third-order valence-electron chi connectivity index (χ3n) is 10.3. The Morgan fingerprint density at radius 2 is 1.20 bits per heavy atom. The van der Waals surface area contributed by atoms with E-state index < -0.39 is 0 Å². The number of nitrogens with zero attached hydrogens (tertiary/aromatic N) is 2. The zero-order valence-corrected chi connectivity index (χ0v) is 28.0. The second-order valence-electron chi connectivity index (χ2n) is 13.3. The van der Waals surface area contributed by atoms with Gasteiger partial charge in [0.2, 0.25) is 0 Å². The number of aromatic nitrogens is 1. The Morgan fingerprint density at radius 3 is 2.00 bits per heavy atom. The summed E-state index contributed by atoms with van der Waals surface area (Å²) in [7, 11) is 0. The van der Waals surface area contributed by atoms with Crippen LogP contribution in [0.15, 0.2) is 198 Å². The van der Waals surface area contributed by atoms with Crippen LogP contribution in [0.4, 0.5) is 11.4 Å². The smallest absolute Gasteiger partial charge is 0.159 e. The lowest BCUT2D eigenvalue weighted by molar-refractivity contribution is 0.666. The van der Waals surface area contributed by atoms with Gasteiger partial charge in [-0.05, 0) is 83.8 Å². The van der Waals surface area contributed by atoms with Crippen molar-refractivity contribution in [3.63, 3.8) is 0 Å². The van der Waals surface area contributed by atoms with Crippen LogP contribution in [-0.2, 0) is 0 Å². The van der Waals surface area contributed by atoms with Crippen LogP contribution >= 0.6 is 0 Å². The molecule has 0 N–H and O–H groups in total. The fourth-order valence-corrected chi connectivity index (χ4v) is 7.87. The maximum atomic E-state index is 6.50. The number of benzene rings is 7. The SMILES string of the molecule is C1=CC(c2ccc3c(c2)c2ccccc2n3-c2cccc3c2oc2ccccc23)CC=C1N(c1ccccc1)c1ccc(-c2ccccc2)cc1. The summed E-state index contributed by atoms with van der Waals surface area (Å²) in [6.07, 6.45) is 7.97. The fourth-order valence-electron chi connectivity index (χ4n) is 7.87. The number of furan rings is 1. The van der Waals surface area contributed by atoms with Gasteiger partial charge in [-0.15, -0.1) is 0 Å². The van der Waals surface area contributed by atoms with Crippen LogP contribution < -0.4 is 4.90 Å². The van der Waals surface area contributed by atoms with E-state index in [9.17, 15) is 0 Å². The monoisotopic (exact) mass is 654 g/mol. The molecule has 0 radical (unpaired) electrons. The molecule has 1 atom stereocenters. The molecule has 0 fully saturated rings. The Bertz CT molecular complexity index is 2770. The first-order valence-electron chi connectivity index (χ1n) is 17.6. The normalized spacial score (nSPS) is 14.4. The van der Waals surface area contributed by atoms with Crippen molar-refractivity contribution >= 4 is 55.1 Å². The average Bonchev–Trinajstić information content (AvgIpc) is 3.75. The quantitative estimate of drug-likeness (QED) is 0.178. The van der Waals surface area contributed by atoms with E-state index in [0.29, 0.717) is 0 Å². The molecule has 51 heavy (non-hydrogen) atoms. The van der Waals surface area contributed by atoms with Crippen molar-refractivity contribution in [2.75, 3.05) is 4.90 Å². The Morgan fingerprint density at radius 1 is 0.529 bits per heavy atom. The molecule has 3 heteroatoms. The Hall–Kier alpha value is -6.58. The van der Waals surface area contributed by atoms with E-state index in [0.717, 1.165) is 45.4 Å². The van der Waals surface area contributed by atoms with Gasteiger partial charge in [0.05, 0.1) is 16.7 Å². The molecule has 1 aliphatic carbocycles. The van der Waals surface area contributed by atoms with E-state index in [1.165, 1.54) is 44.2 Å². The molecule has 1 aliphatic rings. The number of rotatable bonds is 6. The molecule has 0 saturated carbocycles. The lowest BCUT2D eigenvalue weighted by Gasteiger charge is -2.29. The van der Waals surface area contributed by atoms with Gasteiger partial charge in [0.25, 0.3) is 0 Å². The average molecular weight is 655 g/mol. The summed E-state index contributed by atoms with van der Waals surface area (Å²) in [4.78, 5) is 2.36. The van der Waals surface area contributed by atoms with Gasteiger partial charge in [0.15, 0.2) is 5.58 Å². The van der Waals surface area contributed by atoms with E-state index in [1.54, 1.807) is 0 Å². The van der Waals surface area contributed by atoms with Gasteiger partial charge in [0, 0.05) is 44.5 Å². The minimum Gasteiger partial charge on any atom is -0.454 e. The predicted molar refractivity (Wildman–Crippen MR) is 213 cm³/mol. The highest BCUT2D eigenvalue weighted by Gasteiger charge is 2.21. The third kappa shape index (κ3) is 4.97.